The number of ether oxygens (including phenoxy) is 2. The number of aryl methyl sites for hydroxylation is 2. The highest BCUT2D eigenvalue weighted by Crippen LogP contribution is 2.31. The van der Waals surface area contributed by atoms with Gasteiger partial charge < -0.3 is 13.9 Å². The van der Waals surface area contributed by atoms with Gasteiger partial charge in [0.15, 0.2) is 0 Å². The summed E-state index contributed by atoms with van der Waals surface area (Å²) >= 11 is 0. The van der Waals surface area contributed by atoms with Crippen molar-refractivity contribution in [3.05, 3.63) is 76.6 Å². The summed E-state index contributed by atoms with van der Waals surface area (Å²) in [6.45, 7) is 8.89. The van der Waals surface area contributed by atoms with E-state index in [-0.39, 0.29) is 12.1 Å². The summed E-state index contributed by atoms with van der Waals surface area (Å²) < 4.78 is 13.4. The molecule has 0 amide bonds. The summed E-state index contributed by atoms with van der Waals surface area (Å²) in [5.74, 6) is -0.307. The van der Waals surface area contributed by atoms with Gasteiger partial charge in [-0.25, -0.2) is 4.79 Å². The van der Waals surface area contributed by atoms with E-state index in [9.17, 15) is 4.79 Å². The van der Waals surface area contributed by atoms with E-state index in [1.54, 1.807) is 0 Å². The van der Waals surface area contributed by atoms with Gasteiger partial charge in [0.25, 0.3) is 0 Å². The zero-order chi connectivity index (χ0) is 18.7. The number of benzene rings is 1. The summed E-state index contributed by atoms with van der Waals surface area (Å²) in [7, 11) is 0. The van der Waals surface area contributed by atoms with Crippen molar-refractivity contribution >= 4 is 11.5 Å². The molecule has 2 aromatic heterocycles. The summed E-state index contributed by atoms with van der Waals surface area (Å²) in [5, 5.41) is 0. The fourth-order valence-corrected chi connectivity index (χ4v) is 3.43. The van der Waals surface area contributed by atoms with Crippen LogP contribution in [0.3, 0.4) is 0 Å². The Labute approximate surface area is 154 Å². The molecule has 136 valence electrons. The summed E-state index contributed by atoms with van der Waals surface area (Å²) in [6.07, 6.45) is 1.71. The van der Waals surface area contributed by atoms with Gasteiger partial charge in [0.2, 0.25) is 0 Å². The predicted octanol–water partition coefficient (Wildman–Crippen LogP) is 4.86. The largest absolute Gasteiger partial charge is 0.462 e. The number of aromatic nitrogens is 1. The number of carbonyl (C=O) groups excluding carboxylic acids is 1. The third-order valence-electron chi connectivity index (χ3n) is 4.35. The molecule has 3 rings (SSSR count). The van der Waals surface area contributed by atoms with E-state index in [4.69, 9.17) is 9.47 Å². The first-order valence-electron chi connectivity index (χ1n) is 9.02. The molecule has 3 aromatic rings. The first-order valence-corrected chi connectivity index (χ1v) is 9.02. The van der Waals surface area contributed by atoms with Crippen LogP contribution in [0.4, 0.5) is 0 Å². The van der Waals surface area contributed by atoms with Crippen LogP contribution in [0.5, 0.6) is 0 Å². The van der Waals surface area contributed by atoms with Crippen molar-refractivity contribution in [1.29, 1.82) is 0 Å². The average molecular weight is 351 g/mol. The molecule has 0 N–H and O–H groups in total. The molecule has 0 fully saturated rings. The number of fused-ring (bicyclic) bond motifs is 1. The number of carbonyl (C=O) groups is 1. The monoisotopic (exact) mass is 351 g/mol. The Morgan fingerprint density at radius 1 is 1.04 bits per heavy atom. The molecule has 0 radical (unpaired) electrons. The zero-order valence-electron chi connectivity index (χ0n) is 15.8. The second-order valence-corrected chi connectivity index (χ2v) is 6.42. The van der Waals surface area contributed by atoms with Gasteiger partial charge in [0.1, 0.15) is 6.10 Å². The molecular weight excluding hydrogens is 326 g/mol. The minimum absolute atomic E-state index is 0.253. The minimum atomic E-state index is -0.307. The first kappa shape index (κ1) is 18.2. The Hall–Kier alpha value is -2.59. The van der Waals surface area contributed by atoms with E-state index in [0.717, 1.165) is 16.8 Å². The van der Waals surface area contributed by atoms with E-state index < -0.39 is 0 Å². The van der Waals surface area contributed by atoms with Gasteiger partial charge in [-0.3, -0.25) is 0 Å². The van der Waals surface area contributed by atoms with Crippen LogP contribution < -0.4 is 0 Å². The van der Waals surface area contributed by atoms with Crippen LogP contribution in [0.1, 0.15) is 52.7 Å². The fourth-order valence-electron chi connectivity index (χ4n) is 3.43. The molecule has 0 saturated carbocycles. The number of rotatable bonds is 6. The Balaban J connectivity index is 2.18. The predicted molar refractivity (Wildman–Crippen MR) is 103 cm³/mol. The highest BCUT2D eigenvalue weighted by Gasteiger charge is 2.23. The lowest BCUT2D eigenvalue weighted by molar-refractivity contribution is 0.0528. The quantitative estimate of drug-likeness (QED) is 0.596. The second kappa shape index (κ2) is 7.75. The SMILES string of the molecule is CCOC(=O)c1cc([C@H](OCC)c2cc(C)cc(C)c2)n2ccccc12. The standard InChI is InChI=1S/C22H25NO3/c1-5-25-21(17-12-15(3)11-16(4)13-17)20-14-18(22(24)26-6-2)19-9-7-8-10-23(19)20/h7-14,21H,5-6H2,1-4H3/t21-/m1/s1. The van der Waals surface area contributed by atoms with Crippen molar-refractivity contribution in [2.75, 3.05) is 13.2 Å². The Morgan fingerprint density at radius 2 is 1.77 bits per heavy atom. The zero-order valence-corrected chi connectivity index (χ0v) is 15.8. The van der Waals surface area contributed by atoms with Gasteiger partial charge in [0, 0.05) is 12.8 Å². The van der Waals surface area contributed by atoms with E-state index in [1.165, 1.54) is 11.1 Å². The van der Waals surface area contributed by atoms with Crippen molar-refractivity contribution < 1.29 is 14.3 Å². The summed E-state index contributed by atoms with van der Waals surface area (Å²) in [5.41, 5.74) is 5.79. The lowest BCUT2D eigenvalue weighted by atomic mass is 10.0. The molecule has 0 bridgehead atoms. The van der Waals surface area contributed by atoms with Crippen LogP contribution in [0.15, 0.2) is 48.7 Å². The highest BCUT2D eigenvalue weighted by atomic mass is 16.5. The fraction of sp³-hybridized carbons (Fsp3) is 0.318. The van der Waals surface area contributed by atoms with E-state index in [1.807, 2.05) is 48.7 Å². The lowest BCUT2D eigenvalue weighted by Gasteiger charge is -2.19. The maximum atomic E-state index is 12.4. The van der Waals surface area contributed by atoms with Gasteiger partial charge >= 0.3 is 5.97 Å². The molecule has 0 unspecified atom stereocenters. The van der Waals surface area contributed by atoms with Crippen molar-refractivity contribution in [2.45, 2.75) is 33.8 Å². The number of hydrogen-bond acceptors (Lipinski definition) is 3. The van der Waals surface area contributed by atoms with Gasteiger partial charge in [-0.1, -0.05) is 35.4 Å². The van der Waals surface area contributed by atoms with Gasteiger partial charge in [-0.2, -0.15) is 0 Å². The third-order valence-corrected chi connectivity index (χ3v) is 4.35. The average Bonchev–Trinajstić information content (AvgIpc) is 2.98. The molecule has 26 heavy (non-hydrogen) atoms. The highest BCUT2D eigenvalue weighted by molar-refractivity contribution is 5.97. The molecule has 4 heteroatoms. The van der Waals surface area contributed by atoms with Crippen molar-refractivity contribution in [3.63, 3.8) is 0 Å². The molecule has 0 spiro atoms. The minimum Gasteiger partial charge on any atom is -0.462 e. The van der Waals surface area contributed by atoms with Crippen LogP contribution >= 0.6 is 0 Å². The molecular formula is C22H25NO3. The maximum Gasteiger partial charge on any atom is 0.340 e. The topological polar surface area (TPSA) is 39.9 Å². The lowest BCUT2D eigenvalue weighted by Crippen LogP contribution is -2.09. The first-order chi connectivity index (χ1) is 12.5. The number of pyridine rings is 1. The molecule has 0 aliphatic rings. The van der Waals surface area contributed by atoms with E-state index in [0.29, 0.717) is 18.8 Å². The smallest absolute Gasteiger partial charge is 0.340 e. The Bertz CT molecular complexity index is 906. The third kappa shape index (κ3) is 3.51. The van der Waals surface area contributed by atoms with E-state index >= 15 is 0 Å². The van der Waals surface area contributed by atoms with Gasteiger partial charge in [-0.05, 0) is 51.5 Å². The number of nitrogens with zero attached hydrogens (tertiary/aromatic N) is 1. The number of hydrogen-bond donors (Lipinski definition) is 0. The van der Waals surface area contributed by atoms with Crippen molar-refractivity contribution in [2.24, 2.45) is 0 Å². The maximum absolute atomic E-state index is 12.4. The molecule has 0 saturated heterocycles. The van der Waals surface area contributed by atoms with Crippen LogP contribution in [0.25, 0.3) is 5.52 Å². The molecule has 0 aliphatic heterocycles. The molecule has 2 heterocycles. The second-order valence-electron chi connectivity index (χ2n) is 6.42. The molecule has 1 atom stereocenters. The Morgan fingerprint density at radius 3 is 2.42 bits per heavy atom. The Kier molecular flexibility index (Phi) is 5.43. The van der Waals surface area contributed by atoms with Gasteiger partial charge in [0.05, 0.1) is 23.4 Å². The van der Waals surface area contributed by atoms with Crippen LogP contribution in [0.2, 0.25) is 0 Å². The molecule has 4 nitrogen and oxygen atoms in total. The van der Waals surface area contributed by atoms with Crippen LogP contribution in [0, 0.1) is 13.8 Å². The number of esters is 1. The van der Waals surface area contributed by atoms with Crippen molar-refractivity contribution in [3.8, 4) is 0 Å². The van der Waals surface area contributed by atoms with Crippen LogP contribution in [-0.2, 0) is 9.47 Å². The molecule has 1 aromatic carbocycles. The van der Waals surface area contributed by atoms with E-state index in [2.05, 4.69) is 32.0 Å². The summed E-state index contributed by atoms with van der Waals surface area (Å²) in [6, 6.07) is 14.1. The van der Waals surface area contributed by atoms with Gasteiger partial charge in [-0.15, -0.1) is 0 Å². The normalized spacial score (nSPS) is 12.3. The van der Waals surface area contributed by atoms with Crippen molar-refractivity contribution in [1.82, 2.24) is 4.40 Å². The van der Waals surface area contributed by atoms with Crippen LogP contribution in [-0.4, -0.2) is 23.6 Å². The molecule has 0 aliphatic carbocycles. The summed E-state index contributed by atoms with van der Waals surface area (Å²) in [4.78, 5) is 12.4.